The van der Waals surface area contributed by atoms with Gasteiger partial charge in [-0.25, -0.2) is 0 Å². The van der Waals surface area contributed by atoms with Crippen LogP contribution >= 0.6 is 12.4 Å². The quantitative estimate of drug-likeness (QED) is 0.616. The van der Waals surface area contributed by atoms with E-state index < -0.39 is 5.97 Å². The lowest BCUT2D eigenvalue weighted by molar-refractivity contribution is -0.138. The Labute approximate surface area is 77.1 Å². The molecule has 72 valence electrons. The van der Waals surface area contributed by atoms with Gasteiger partial charge >= 0.3 is 5.97 Å². The number of carboxylic acid groups (broad SMARTS) is 1. The van der Waals surface area contributed by atoms with Gasteiger partial charge in [-0.15, -0.1) is 12.4 Å². The van der Waals surface area contributed by atoms with Crippen LogP contribution in [-0.2, 0) is 9.59 Å². The molecular weight excluding hydrogens is 184 g/mol. The molecule has 12 heavy (non-hydrogen) atoms. The Balaban J connectivity index is 0. The van der Waals surface area contributed by atoms with Crippen LogP contribution in [0.15, 0.2) is 0 Å². The molecule has 0 aromatic rings. The van der Waals surface area contributed by atoms with E-state index in [1.165, 1.54) is 0 Å². The molecule has 0 bridgehead atoms. The van der Waals surface area contributed by atoms with Crippen molar-refractivity contribution in [2.24, 2.45) is 0 Å². The summed E-state index contributed by atoms with van der Waals surface area (Å²) in [5.41, 5.74) is 0. The highest BCUT2D eigenvalue weighted by molar-refractivity contribution is 5.85. The highest BCUT2D eigenvalue weighted by Gasteiger charge is 2.03. The lowest BCUT2D eigenvalue weighted by Crippen LogP contribution is -2.36. The van der Waals surface area contributed by atoms with Crippen LogP contribution in [0.25, 0.3) is 0 Å². The van der Waals surface area contributed by atoms with E-state index in [1.807, 2.05) is 0 Å². The summed E-state index contributed by atoms with van der Waals surface area (Å²) in [5.74, 6) is -1.31. The van der Waals surface area contributed by atoms with Gasteiger partial charge in [-0.3, -0.25) is 9.59 Å². The Morgan fingerprint density at radius 1 is 1.42 bits per heavy atom. The monoisotopic (exact) mass is 196 g/mol. The normalized spacial score (nSPS) is 8.92. The van der Waals surface area contributed by atoms with Crippen LogP contribution in [0.1, 0.15) is 0 Å². The molecule has 0 saturated heterocycles. The van der Waals surface area contributed by atoms with Crippen LogP contribution in [-0.4, -0.2) is 49.1 Å². The third kappa shape index (κ3) is 9.19. The topological polar surface area (TPSA) is 69.6 Å². The summed E-state index contributed by atoms with van der Waals surface area (Å²) in [6.07, 6.45) is 0. The van der Waals surface area contributed by atoms with Crippen molar-refractivity contribution in [2.45, 2.75) is 0 Å². The first-order valence-corrected chi connectivity index (χ1v) is 3.15. The first-order valence-electron chi connectivity index (χ1n) is 3.15. The van der Waals surface area contributed by atoms with Crippen LogP contribution in [0.3, 0.4) is 0 Å². The van der Waals surface area contributed by atoms with Crippen LogP contribution in [0.5, 0.6) is 0 Å². The Morgan fingerprint density at radius 2 is 1.92 bits per heavy atom. The van der Waals surface area contributed by atoms with Crippen molar-refractivity contribution in [3.8, 4) is 0 Å². The smallest absolute Gasteiger partial charge is 0.322 e. The number of halogens is 1. The minimum atomic E-state index is -1.03. The van der Waals surface area contributed by atoms with Gasteiger partial charge in [0.15, 0.2) is 0 Å². The van der Waals surface area contributed by atoms with E-state index in [1.54, 1.807) is 19.0 Å². The van der Waals surface area contributed by atoms with Crippen molar-refractivity contribution in [3.05, 3.63) is 0 Å². The summed E-state index contributed by atoms with van der Waals surface area (Å²) in [7, 11) is 3.47. The zero-order chi connectivity index (χ0) is 8.85. The minimum Gasteiger partial charge on any atom is -0.480 e. The van der Waals surface area contributed by atoms with Crippen molar-refractivity contribution in [2.75, 3.05) is 27.2 Å². The van der Waals surface area contributed by atoms with Crippen molar-refractivity contribution >= 4 is 24.3 Å². The summed E-state index contributed by atoms with van der Waals surface area (Å²) in [5, 5.41) is 10.4. The lowest BCUT2D eigenvalue weighted by atomic mass is 10.5. The summed E-state index contributed by atoms with van der Waals surface area (Å²) < 4.78 is 0. The molecule has 0 spiro atoms. The average molecular weight is 197 g/mol. The van der Waals surface area contributed by atoms with Crippen LogP contribution < -0.4 is 5.32 Å². The third-order valence-corrected chi connectivity index (χ3v) is 0.897. The molecule has 0 atom stereocenters. The number of carbonyl (C=O) groups is 2. The van der Waals surface area contributed by atoms with Crippen molar-refractivity contribution in [3.63, 3.8) is 0 Å². The Bertz CT molecular complexity index is 161. The molecule has 6 heteroatoms. The number of carbonyl (C=O) groups excluding carboxylic acids is 1. The molecule has 0 saturated carbocycles. The molecular formula is C6H13ClN2O3. The second-order valence-corrected chi connectivity index (χ2v) is 2.41. The standard InChI is InChI=1S/C6H12N2O3.ClH/c1-8(2)4-5(9)7-3-6(10)11;/h3-4H2,1-2H3,(H,7,9)(H,10,11);1H. The molecule has 0 heterocycles. The largest absolute Gasteiger partial charge is 0.480 e. The summed E-state index contributed by atoms with van der Waals surface area (Å²) in [6, 6.07) is 0. The Morgan fingerprint density at radius 3 is 2.25 bits per heavy atom. The fourth-order valence-electron chi connectivity index (χ4n) is 0.517. The van der Waals surface area contributed by atoms with Gasteiger partial charge in [-0.2, -0.15) is 0 Å². The number of nitrogens with zero attached hydrogens (tertiary/aromatic N) is 1. The van der Waals surface area contributed by atoms with Gasteiger partial charge in [0, 0.05) is 0 Å². The maximum absolute atomic E-state index is 10.7. The maximum atomic E-state index is 10.7. The molecule has 0 aromatic heterocycles. The van der Waals surface area contributed by atoms with Gasteiger partial charge in [-0.1, -0.05) is 0 Å². The summed E-state index contributed by atoms with van der Waals surface area (Å²) in [6.45, 7) is -0.0973. The third-order valence-electron chi connectivity index (χ3n) is 0.897. The molecule has 5 nitrogen and oxygen atoms in total. The number of rotatable bonds is 4. The molecule has 0 radical (unpaired) electrons. The van der Waals surface area contributed by atoms with Crippen LogP contribution in [0, 0.1) is 0 Å². The van der Waals surface area contributed by atoms with Crippen molar-refractivity contribution < 1.29 is 14.7 Å². The zero-order valence-corrected chi connectivity index (χ0v) is 7.85. The molecule has 0 aromatic carbocycles. The molecule has 2 N–H and O–H groups in total. The number of carboxylic acids is 1. The van der Waals surface area contributed by atoms with Crippen molar-refractivity contribution in [1.29, 1.82) is 0 Å². The van der Waals surface area contributed by atoms with Gasteiger partial charge < -0.3 is 15.3 Å². The van der Waals surface area contributed by atoms with Crippen molar-refractivity contribution in [1.82, 2.24) is 10.2 Å². The summed E-state index contributed by atoms with van der Waals surface area (Å²) in [4.78, 5) is 22.4. The molecule has 1 amide bonds. The highest BCUT2D eigenvalue weighted by Crippen LogP contribution is 1.73. The van der Waals surface area contributed by atoms with E-state index in [2.05, 4.69) is 5.32 Å². The number of hydrogen-bond donors (Lipinski definition) is 2. The SMILES string of the molecule is CN(C)CC(=O)NCC(=O)O.Cl. The van der Waals surface area contributed by atoms with Gasteiger partial charge in [0.1, 0.15) is 6.54 Å². The second kappa shape index (κ2) is 6.87. The zero-order valence-electron chi connectivity index (χ0n) is 7.03. The van der Waals surface area contributed by atoms with Crippen LogP contribution in [0.2, 0.25) is 0 Å². The molecule has 0 aliphatic carbocycles. The van der Waals surface area contributed by atoms with Gasteiger partial charge in [0.25, 0.3) is 0 Å². The van der Waals surface area contributed by atoms with E-state index in [4.69, 9.17) is 5.11 Å². The first-order chi connectivity index (χ1) is 5.02. The fraction of sp³-hybridized carbons (Fsp3) is 0.667. The number of likely N-dealkylation sites (N-methyl/N-ethyl adjacent to an activating group) is 1. The second-order valence-electron chi connectivity index (χ2n) is 2.41. The van der Waals surface area contributed by atoms with E-state index in [0.29, 0.717) is 0 Å². The van der Waals surface area contributed by atoms with E-state index in [9.17, 15) is 9.59 Å². The first kappa shape index (κ1) is 13.8. The Kier molecular flexibility index (Phi) is 7.88. The number of hydrogen-bond acceptors (Lipinski definition) is 3. The predicted octanol–water partition coefficient (Wildman–Crippen LogP) is -0.829. The molecule has 0 unspecified atom stereocenters. The number of nitrogens with one attached hydrogen (secondary N) is 1. The van der Waals surface area contributed by atoms with Crippen LogP contribution in [0.4, 0.5) is 0 Å². The van der Waals surface area contributed by atoms with Gasteiger partial charge in [-0.05, 0) is 14.1 Å². The highest BCUT2D eigenvalue weighted by atomic mass is 35.5. The average Bonchev–Trinajstić information content (AvgIpc) is 1.82. The van der Waals surface area contributed by atoms with Gasteiger partial charge in [0.2, 0.25) is 5.91 Å². The fourth-order valence-corrected chi connectivity index (χ4v) is 0.517. The predicted molar refractivity (Wildman–Crippen MR) is 46.4 cm³/mol. The Hall–Kier alpha value is -0.810. The maximum Gasteiger partial charge on any atom is 0.322 e. The number of aliphatic carboxylic acids is 1. The van der Waals surface area contributed by atoms with E-state index >= 15 is 0 Å². The van der Waals surface area contributed by atoms with E-state index in [-0.39, 0.29) is 31.4 Å². The van der Waals surface area contributed by atoms with E-state index in [0.717, 1.165) is 0 Å². The molecule has 0 aliphatic heterocycles. The molecule has 0 fully saturated rings. The molecule has 0 rings (SSSR count). The minimum absolute atomic E-state index is 0. The lowest BCUT2D eigenvalue weighted by Gasteiger charge is -2.07. The summed E-state index contributed by atoms with van der Waals surface area (Å²) >= 11 is 0. The van der Waals surface area contributed by atoms with Gasteiger partial charge in [0.05, 0.1) is 6.54 Å². The number of amides is 1. The molecule has 0 aliphatic rings.